The molecule has 14 heavy (non-hydrogen) atoms. The Bertz CT molecular complexity index is 317. The number of pyridine rings is 1. The van der Waals surface area contributed by atoms with Gasteiger partial charge in [0.05, 0.1) is 12.2 Å². The van der Waals surface area contributed by atoms with Crippen LogP contribution in [-0.2, 0) is 9.47 Å². The van der Waals surface area contributed by atoms with E-state index < -0.39 is 5.97 Å². The smallest absolute Gasteiger partial charge is 0.341 e. The van der Waals surface area contributed by atoms with Crippen LogP contribution in [-0.4, -0.2) is 31.3 Å². The monoisotopic (exact) mass is 215 g/mol. The molecular weight excluding hydrogens is 206 g/mol. The van der Waals surface area contributed by atoms with E-state index >= 15 is 0 Å². The summed E-state index contributed by atoms with van der Waals surface area (Å²) >= 11 is 5.69. The fourth-order valence-corrected chi connectivity index (χ4v) is 1.03. The number of methoxy groups -OCH3 is 1. The van der Waals surface area contributed by atoms with Crippen molar-refractivity contribution in [1.29, 1.82) is 0 Å². The summed E-state index contributed by atoms with van der Waals surface area (Å²) in [5.41, 5.74) is 0.269. The number of hydrogen-bond donors (Lipinski definition) is 0. The molecule has 0 N–H and O–H groups in total. The van der Waals surface area contributed by atoms with Gasteiger partial charge in [0.1, 0.15) is 11.8 Å². The number of rotatable bonds is 4. The van der Waals surface area contributed by atoms with Crippen LogP contribution >= 0.6 is 11.6 Å². The van der Waals surface area contributed by atoms with Gasteiger partial charge < -0.3 is 9.47 Å². The second-order valence-electron chi connectivity index (χ2n) is 2.47. The van der Waals surface area contributed by atoms with Crippen molar-refractivity contribution in [3.63, 3.8) is 0 Å². The average Bonchev–Trinajstić information content (AvgIpc) is 2.18. The van der Waals surface area contributed by atoms with Gasteiger partial charge in [-0.25, -0.2) is 9.78 Å². The molecule has 0 saturated carbocycles. The lowest BCUT2D eigenvalue weighted by Crippen LogP contribution is -2.10. The van der Waals surface area contributed by atoms with Crippen molar-refractivity contribution in [1.82, 2.24) is 4.98 Å². The van der Waals surface area contributed by atoms with E-state index in [9.17, 15) is 4.79 Å². The fraction of sp³-hybridized carbons (Fsp3) is 0.333. The van der Waals surface area contributed by atoms with E-state index in [4.69, 9.17) is 21.1 Å². The molecule has 1 rings (SSSR count). The van der Waals surface area contributed by atoms with Gasteiger partial charge >= 0.3 is 5.97 Å². The van der Waals surface area contributed by atoms with Crippen molar-refractivity contribution in [3.8, 4) is 0 Å². The van der Waals surface area contributed by atoms with Gasteiger partial charge in [-0.3, -0.25) is 0 Å². The summed E-state index contributed by atoms with van der Waals surface area (Å²) in [4.78, 5) is 15.1. The van der Waals surface area contributed by atoms with Gasteiger partial charge in [0.2, 0.25) is 0 Å². The normalized spacial score (nSPS) is 9.86. The minimum atomic E-state index is -0.486. The minimum Gasteiger partial charge on any atom is -0.460 e. The van der Waals surface area contributed by atoms with Crippen molar-refractivity contribution in [2.75, 3.05) is 20.3 Å². The van der Waals surface area contributed by atoms with E-state index in [0.717, 1.165) is 0 Å². The summed E-state index contributed by atoms with van der Waals surface area (Å²) in [6, 6.07) is 3.18. The van der Waals surface area contributed by atoms with Crippen LogP contribution in [0.4, 0.5) is 0 Å². The Morgan fingerprint density at radius 3 is 3.00 bits per heavy atom. The predicted molar refractivity (Wildman–Crippen MR) is 51.4 cm³/mol. The molecule has 0 saturated heterocycles. The van der Waals surface area contributed by atoms with Crippen molar-refractivity contribution in [2.45, 2.75) is 0 Å². The highest BCUT2D eigenvalue weighted by Crippen LogP contribution is 2.12. The third-order valence-electron chi connectivity index (χ3n) is 1.50. The molecule has 0 atom stereocenters. The highest BCUT2D eigenvalue weighted by Gasteiger charge is 2.11. The molecule has 0 fully saturated rings. The van der Waals surface area contributed by atoms with Crippen LogP contribution in [0.25, 0.3) is 0 Å². The zero-order valence-corrected chi connectivity index (χ0v) is 8.45. The Kier molecular flexibility index (Phi) is 4.35. The van der Waals surface area contributed by atoms with Gasteiger partial charge in [0.15, 0.2) is 0 Å². The molecule has 0 amide bonds. The first-order valence-electron chi connectivity index (χ1n) is 4.02. The predicted octanol–water partition coefficient (Wildman–Crippen LogP) is 1.54. The zero-order chi connectivity index (χ0) is 10.4. The summed E-state index contributed by atoms with van der Waals surface area (Å²) in [5.74, 6) is -0.486. The van der Waals surface area contributed by atoms with Crippen molar-refractivity contribution < 1.29 is 14.3 Å². The van der Waals surface area contributed by atoms with Gasteiger partial charge in [0, 0.05) is 13.3 Å². The van der Waals surface area contributed by atoms with Crippen LogP contribution < -0.4 is 0 Å². The molecule has 5 heteroatoms. The summed E-state index contributed by atoms with van der Waals surface area (Å²) in [5, 5.41) is 0.148. The van der Waals surface area contributed by atoms with Crippen molar-refractivity contribution in [2.24, 2.45) is 0 Å². The molecule has 1 aromatic heterocycles. The third-order valence-corrected chi connectivity index (χ3v) is 1.80. The molecular formula is C9H10ClNO3. The van der Waals surface area contributed by atoms with Gasteiger partial charge in [-0.15, -0.1) is 0 Å². The molecule has 0 bridgehead atoms. The number of aromatic nitrogens is 1. The Balaban J connectivity index is 2.56. The molecule has 1 heterocycles. The van der Waals surface area contributed by atoms with Gasteiger partial charge in [-0.2, -0.15) is 0 Å². The van der Waals surface area contributed by atoms with E-state index in [1.165, 1.54) is 13.3 Å². The Labute approximate surface area is 86.8 Å². The molecule has 0 unspecified atom stereocenters. The maximum absolute atomic E-state index is 11.3. The average molecular weight is 216 g/mol. The molecule has 0 aromatic carbocycles. The molecule has 4 nitrogen and oxygen atoms in total. The Morgan fingerprint density at radius 1 is 1.57 bits per heavy atom. The lowest BCUT2D eigenvalue weighted by molar-refractivity contribution is 0.0388. The van der Waals surface area contributed by atoms with E-state index in [-0.39, 0.29) is 17.3 Å². The van der Waals surface area contributed by atoms with E-state index in [1.54, 1.807) is 12.1 Å². The van der Waals surface area contributed by atoms with Crippen molar-refractivity contribution in [3.05, 3.63) is 29.0 Å². The largest absolute Gasteiger partial charge is 0.460 e. The highest BCUT2D eigenvalue weighted by atomic mass is 35.5. The first-order chi connectivity index (χ1) is 6.75. The summed E-state index contributed by atoms with van der Waals surface area (Å²) in [6.45, 7) is 0.574. The molecule has 76 valence electrons. The number of hydrogen-bond acceptors (Lipinski definition) is 4. The molecule has 1 aromatic rings. The number of esters is 1. The highest BCUT2D eigenvalue weighted by molar-refractivity contribution is 6.32. The van der Waals surface area contributed by atoms with Crippen LogP contribution in [0.5, 0.6) is 0 Å². The van der Waals surface area contributed by atoms with Crippen LogP contribution in [0.1, 0.15) is 10.4 Å². The van der Waals surface area contributed by atoms with E-state index in [1.807, 2.05) is 0 Å². The number of nitrogens with zero attached hydrogens (tertiary/aromatic N) is 1. The second kappa shape index (κ2) is 5.57. The Hall–Kier alpha value is -1.13. The Morgan fingerprint density at radius 2 is 2.36 bits per heavy atom. The number of carbonyl (C=O) groups is 1. The molecule has 0 aliphatic heterocycles. The molecule has 0 radical (unpaired) electrons. The fourth-order valence-electron chi connectivity index (χ4n) is 0.834. The lowest BCUT2D eigenvalue weighted by Gasteiger charge is -2.04. The van der Waals surface area contributed by atoms with Crippen LogP contribution in [0.3, 0.4) is 0 Å². The lowest BCUT2D eigenvalue weighted by atomic mass is 10.3. The number of ether oxygens (including phenoxy) is 2. The van der Waals surface area contributed by atoms with Gasteiger partial charge in [0.25, 0.3) is 0 Å². The number of carbonyl (C=O) groups excluding carboxylic acids is 1. The van der Waals surface area contributed by atoms with Crippen LogP contribution in [0.2, 0.25) is 5.15 Å². The summed E-state index contributed by atoms with van der Waals surface area (Å²) in [7, 11) is 1.53. The maximum Gasteiger partial charge on any atom is 0.341 e. The van der Waals surface area contributed by atoms with Crippen LogP contribution in [0.15, 0.2) is 18.3 Å². The van der Waals surface area contributed by atoms with Gasteiger partial charge in [-0.05, 0) is 12.1 Å². The SMILES string of the molecule is COCCOC(=O)c1cccnc1Cl. The minimum absolute atomic E-state index is 0.148. The quantitative estimate of drug-likeness (QED) is 0.434. The second-order valence-corrected chi connectivity index (χ2v) is 2.83. The first-order valence-corrected chi connectivity index (χ1v) is 4.40. The van der Waals surface area contributed by atoms with E-state index in [0.29, 0.717) is 6.61 Å². The standard InChI is InChI=1S/C9H10ClNO3/c1-13-5-6-14-9(12)7-3-2-4-11-8(7)10/h2-4H,5-6H2,1H3. The topological polar surface area (TPSA) is 48.4 Å². The molecule has 0 spiro atoms. The van der Waals surface area contributed by atoms with Gasteiger partial charge in [-0.1, -0.05) is 11.6 Å². The summed E-state index contributed by atoms with van der Waals surface area (Å²) < 4.78 is 9.59. The van der Waals surface area contributed by atoms with E-state index in [2.05, 4.69) is 4.98 Å². The third kappa shape index (κ3) is 2.97. The van der Waals surface area contributed by atoms with Crippen molar-refractivity contribution >= 4 is 17.6 Å². The zero-order valence-electron chi connectivity index (χ0n) is 7.70. The summed E-state index contributed by atoms with van der Waals surface area (Å²) in [6.07, 6.45) is 1.51. The molecule has 0 aliphatic carbocycles. The maximum atomic E-state index is 11.3. The first kappa shape index (κ1) is 10.9. The molecule has 0 aliphatic rings. The number of halogens is 1. The van der Waals surface area contributed by atoms with Crippen LogP contribution in [0, 0.1) is 0 Å².